The van der Waals surface area contributed by atoms with Gasteiger partial charge < -0.3 is 10.2 Å². The van der Waals surface area contributed by atoms with Gasteiger partial charge in [-0.1, -0.05) is 12.8 Å². The van der Waals surface area contributed by atoms with Gasteiger partial charge in [-0.25, -0.2) is 12.8 Å². The second-order valence-corrected chi connectivity index (χ2v) is 11.6. The summed E-state index contributed by atoms with van der Waals surface area (Å²) in [6.45, 7) is 3.24. The Bertz CT molecular complexity index is 942. The van der Waals surface area contributed by atoms with E-state index in [-0.39, 0.29) is 47.8 Å². The molecule has 1 aliphatic carbocycles. The van der Waals surface area contributed by atoms with E-state index in [2.05, 4.69) is 10.2 Å². The first-order valence-electron chi connectivity index (χ1n) is 11.8. The third-order valence-corrected chi connectivity index (χ3v) is 8.68. The molecule has 0 aromatic heterocycles. The molecule has 0 radical (unpaired) electrons. The number of anilines is 1. The van der Waals surface area contributed by atoms with Gasteiger partial charge in [-0.15, -0.1) is 0 Å². The number of benzene rings is 1. The number of hydrogen-bond donors (Lipinski definition) is 1. The Labute approximate surface area is 195 Å². The minimum atomic E-state index is -3.05. The summed E-state index contributed by atoms with van der Waals surface area (Å²) in [5.74, 6) is -0.203. The van der Waals surface area contributed by atoms with Gasteiger partial charge in [-0.3, -0.25) is 19.4 Å². The van der Waals surface area contributed by atoms with Crippen LogP contribution in [0.3, 0.4) is 0 Å². The quantitative estimate of drug-likeness (QED) is 0.634. The van der Waals surface area contributed by atoms with E-state index in [1.165, 1.54) is 24.3 Å². The minimum Gasteiger partial charge on any atom is -0.335 e. The average molecular weight is 481 g/mol. The summed E-state index contributed by atoms with van der Waals surface area (Å²) in [5.41, 5.74) is 0.562. The molecule has 33 heavy (non-hydrogen) atoms. The lowest BCUT2D eigenvalue weighted by atomic mass is 10.1. The fourth-order valence-corrected chi connectivity index (χ4v) is 6.91. The molecule has 0 spiro atoms. The Morgan fingerprint density at radius 1 is 0.939 bits per heavy atom. The molecule has 3 aliphatic rings. The molecule has 1 aromatic carbocycles. The first-order chi connectivity index (χ1) is 15.8. The van der Waals surface area contributed by atoms with Gasteiger partial charge in [-0.2, -0.15) is 0 Å². The first kappa shape index (κ1) is 24.1. The van der Waals surface area contributed by atoms with Crippen LogP contribution in [0.1, 0.15) is 32.1 Å². The molecule has 0 bridgehead atoms. The van der Waals surface area contributed by atoms with Crippen LogP contribution in [-0.4, -0.2) is 97.8 Å². The molecule has 1 saturated carbocycles. The predicted octanol–water partition coefficient (Wildman–Crippen LogP) is 1.34. The van der Waals surface area contributed by atoms with Gasteiger partial charge in [0.1, 0.15) is 5.82 Å². The van der Waals surface area contributed by atoms with Crippen LogP contribution in [0.25, 0.3) is 0 Å². The largest absolute Gasteiger partial charge is 0.335 e. The van der Waals surface area contributed by atoms with Crippen LogP contribution in [0, 0.1) is 5.82 Å². The number of halogens is 1. The maximum atomic E-state index is 13.3. The predicted molar refractivity (Wildman–Crippen MR) is 124 cm³/mol. The summed E-state index contributed by atoms with van der Waals surface area (Å²) >= 11 is 0. The summed E-state index contributed by atoms with van der Waals surface area (Å²) < 4.78 is 37.1. The lowest BCUT2D eigenvalue weighted by Gasteiger charge is -2.38. The molecule has 0 unspecified atom stereocenters. The maximum absolute atomic E-state index is 13.3. The Kier molecular flexibility index (Phi) is 7.65. The van der Waals surface area contributed by atoms with E-state index < -0.39 is 9.84 Å². The number of carbonyl (C=O) groups excluding carboxylic acids is 2. The average Bonchev–Trinajstić information content (AvgIpc) is 3.41. The highest BCUT2D eigenvalue weighted by Crippen LogP contribution is 2.29. The van der Waals surface area contributed by atoms with Crippen molar-refractivity contribution in [3.8, 4) is 0 Å². The van der Waals surface area contributed by atoms with Gasteiger partial charge in [0.05, 0.1) is 24.6 Å². The lowest BCUT2D eigenvalue weighted by Crippen LogP contribution is -2.54. The fraction of sp³-hybridized carbons (Fsp3) is 0.652. The smallest absolute Gasteiger partial charge is 0.238 e. The van der Waals surface area contributed by atoms with E-state index in [1.54, 1.807) is 0 Å². The van der Waals surface area contributed by atoms with E-state index in [4.69, 9.17) is 0 Å². The maximum Gasteiger partial charge on any atom is 0.238 e. The highest BCUT2D eigenvalue weighted by molar-refractivity contribution is 7.91. The number of piperazine rings is 1. The SMILES string of the molecule is O=C(CN1CCN(CC(=O)N(C2CCCC2)[C@H]2CCS(=O)(=O)C2)CC1)Nc1ccc(F)cc1. The molecule has 1 atom stereocenters. The first-order valence-corrected chi connectivity index (χ1v) is 13.6. The zero-order valence-electron chi connectivity index (χ0n) is 18.9. The van der Waals surface area contributed by atoms with Crippen molar-refractivity contribution in [2.24, 2.45) is 0 Å². The van der Waals surface area contributed by atoms with E-state index >= 15 is 0 Å². The molecule has 182 valence electrons. The fourth-order valence-electron chi connectivity index (χ4n) is 5.20. The number of rotatable bonds is 7. The van der Waals surface area contributed by atoms with Crippen molar-refractivity contribution in [3.05, 3.63) is 30.1 Å². The molecular weight excluding hydrogens is 447 g/mol. The molecule has 2 heterocycles. The molecule has 10 heteroatoms. The molecule has 2 saturated heterocycles. The Balaban J connectivity index is 1.26. The third kappa shape index (κ3) is 6.51. The third-order valence-electron chi connectivity index (χ3n) is 6.93. The van der Waals surface area contributed by atoms with Crippen molar-refractivity contribution in [1.29, 1.82) is 0 Å². The lowest BCUT2D eigenvalue weighted by molar-refractivity contribution is -0.137. The molecule has 2 amide bonds. The highest BCUT2D eigenvalue weighted by atomic mass is 32.2. The van der Waals surface area contributed by atoms with Crippen LogP contribution >= 0.6 is 0 Å². The van der Waals surface area contributed by atoms with Gasteiger partial charge in [0.2, 0.25) is 11.8 Å². The van der Waals surface area contributed by atoms with Gasteiger partial charge >= 0.3 is 0 Å². The van der Waals surface area contributed by atoms with Crippen LogP contribution in [0.15, 0.2) is 24.3 Å². The second-order valence-electron chi connectivity index (χ2n) is 9.40. The van der Waals surface area contributed by atoms with E-state index in [1.807, 2.05) is 9.80 Å². The molecular formula is C23H33FN4O4S. The zero-order chi connectivity index (χ0) is 23.4. The summed E-state index contributed by atoms with van der Waals surface area (Å²) in [6, 6.07) is 5.64. The van der Waals surface area contributed by atoms with Crippen molar-refractivity contribution in [1.82, 2.24) is 14.7 Å². The molecule has 2 aliphatic heterocycles. The Morgan fingerprint density at radius 3 is 2.12 bits per heavy atom. The monoisotopic (exact) mass is 480 g/mol. The van der Waals surface area contributed by atoms with Crippen molar-refractivity contribution < 1.29 is 22.4 Å². The Morgan fingerprint density at radius 2 is 1.55 bits per heavy atom. The van der Waals surface area contributed by atoms with Crippen molar-refractivity contribution in [2.45, 2.75) is 44.2 Å². The second kappa shape index (κ2) is 10.5. The molecule has 1 N–H and O–H groups in total. The van der Waals surface area contributed by atoms with E-state index in [9.17, 15) is 22.4 Å². The minimum absolute atomic E-state index is 0.0338. The number of sulfone groups is 1. The summed E-state index contributed by atoms with van der Waals surface area (Å²) in [6.07, 6.45) is 4.64. The van der Waals surface area contributed by atoms with Crippen LogP contribution in [-0.2, 0) is 19.4 Å². The zero-order valence-corrected chi connectivity index (χ0v) is 19.7. The number of amides is 2. The van der Waals surface area contributed by atoms with Crippen LogP contribution in [0.5, 0.6) is 0 Å². The standard InChI is InChI=1S/C23H33FN4O4S/c24-18-5-7-19(8-6-18)25-22(29)15-26-10-12-27(13-11-26)16-23(30)28(20-3-1-2-4-20)21-9-14-33(31,32)17-21/h5-8,20-21H,1-4,9-17H2,(H,25,29)/t21-/m0/s1. The number of nitrogens with zero attached hydrogens (tertiary/aromatic N) is 3. The molecule has 1 aromatic rings. The molecule has 4 rings (SSSR count). The molecule has 3 fully saturated rings. The number of hydrogen-bond acceptors (Lipinski definition) is 6. The Hall–Kier alpha value is -2.04. The summed E-state index contributed by atoms with van der Waals surface area (Å²) in [4.78, 5) is 31.6. The van der Waals surface area contributed by atoms with Gasteiger partial charge in [0.15, 0.2) is 9.84 Å². The molecule has 8 nitrogen and oxygen atoms in total. The summed E-state index contributed by atoms with van der Waals surface area (Å²) in [5, 5.41) is 2.77. The van der Waals surface area contributed by atoms with E-state index in [0.717, 1.165) is 25.7 Å². The van der Waals surface area contributed by atoms with Crippen LogP contribution < -0.4 is 5.32 Å². The normalized spacial score (nSPS) is 24.1. The van der Waals surface area contributed by atoms with Crippen LogP contribution in [0.4, 0.5) is 10.1 Å². The number of carbonyl (C=O) groups is 2. The number of nitrogens with one attached hydrogen (secondary N) is 1. The van der Waals surface area contributed by atoms with Gasteiger partial charge in [-0.05, 0) is 43.5 Å². The van der Waals surface area contributed by atoms with E-state index in [0.29, 0.717) is 44.8 Å². The highest BCUT2D eigenvalue weighted by Gasteiger charge is 2.39. The van der Waals surface area contributed by atoms with Crippen LogP contribution in [0.2, 0.25) is 0 Å². The van der Waals surface area contributed by atoms with Gasteiger partial charge in [0.25, 0.3) is 0 Å². The van der Waals surface area contributed by atoms with Crippen molar-refractivity contribution in [2.75, 3.05) is 56.1 Å². The summed E-state index contributed by atoms with van der Waals surface area (Å²) in [7, 11) is -3.05. The van der Waals surface area contributed by atoms with Gasteiger partial charge in [0, 0.05) is 44.0 Å². The topological polar surface area (TPSA) is 90.0 Å². The van der Waals surface area contributed by atoms with Crippen molar-refractivity contribution >= 4 is 27.3 Å². The van der Waals surface area contributed by atoms with Crippen molar-refractivity contribution in [3.63, 3.8) is 0 Å².